The Bertz CT molecular complexity index is 835. The number of hydrogen-bond acceptors (Lipinski definition) is 6. The Balaban J connectivity index is 1.98. The summed E-state index contributed by atoms with van der Waals surface area (Å²) in [6, 6.07) is 5.98. The first-order chi connectivity index (χ1) is 12.7. The molecular formula is C19H24N2O6. The molecule has 1 saturated heterocycles. The van der Waals surface area contributed by atoms with Crippen molar-refractivity contribution >= 4 is 5.97 Å². The lowest BCUT2D eigenvalue weighted by Gasteiger charge is -2.40. The van der Waals surface area contributed by atoms with Gasteiger partial charge in [-0.15, -0.1) is 0 Å². The maximum absolute atomic E-state index is 11.4. The lowest BCUT2D eigenvalue weighted by atomic mass is 9.91. The molecule has 0 saturated carbocycles. The van der Waals surface area contributed by atoms with Crippen LogP contribution in [0.5, 0.6) is 0 Å². The second-order valence-electron chi connectivity index (χ2n) is 6.99. The van der Waals surface area contributed by atoms with Crippen LogP contribution in [0.3, 0.4) is 0 Å². The van der Waals surface area contributed by atoms with Crippen molar-refractivity contribution < 1.29 is 30.0 Å². The Kier molecular flexibility index (Phi) is 5.34. The van der Waals surface area contributed by atoms with Crippen LogP contribution in [0.15, 0.2) is 30.7 Å². The van der Waals surface area contributed by atoms with Crippen LogP contribution in [0, 0.1) is 13.8 Å². The van der Waals surface area contributed by atoms with Crippen LogP contribution in [-0.2, 0) is 9.53 Å². The zero-order valence-electron chi connectivity index (χ0n) is 15.4. The fourth-order valence-electron chi connectivity index (χ4n) is 3.56. The van der Waals surface area contributed by atoms with Crippen molar-refractivity contribution in [1.82, 2.24) is 9.55 Å². The van der Waals surface area contributed by atoms with Gasteiger partial charge in [0.25, 0.3) is 0 Å². The molecule has 8 heteroatoms. The van der Waals surface area contributed by atoms with E-state index in [0.29, 0.717) is 5.69 Å². The van der Waals surface area contributed by atoms with Crippen molar-refractivity contribution in [2.24, 2.45) is 0 Å². The average Bonchev–Trinajstić information content (AvgIpc) is 3.11. The van der Waals surface area contributed by atoms with Crippen LogP contribution in [0.4, 0.5) is 0 Å². The number of benzene rings is 1. The van der Waals surface area contributed by atoms with E-state index in [1.54, 1.807) is 6.20 Å². The SMILES string of the molecule is Cc1cccc([C@@H](C)c2cncn2[C@@H]2O[C@H](C(=O)O)[C@@H](O)[C@H](O)[C@H]2O)c1C. The monoisotopic (exact) mass is 376 g/mol. The first-order valence-corrected chi connectivity index (χ1v) is 8.74. The van der Waals surface area contributed by atoms with Crippen LogP contribution in [-0.4, -0.2) is 60.4 Å². The van der Waals surface area contributed by atoms with Gasteiger partial charge in [0.15, 0.2) is 12.3 Å². The standard InChI is InChI=1S/C19H24N2O6/c1-9-5-4-6-12(10(9)2)11(3)13-7-20-8-21(13)18-16(24)14(22)15(23)17(27-18)19(25)26/h4-8,11,14-18,22-24H,1-3H3,(H,25,26)/t11-,14+,15+,16-,17+,18-/m1/s1. The van der Waals surface area contributed by atoms with Crippen molar-refractivity contribution in [2.45, 2.75) is 57.3 Å². The first kappa shape index (κ1) is 19.5. The van der Waals surface area contributed by atoms with Gasteiger partial charge in [-0.3, -0.25) is 0 Å². The van der Waals surface area contributed by atoms with E-state index in [9.17, 15) is 25.2 Å². The number of aromatic nitrogens is 2. The molecule has 1 aliphatic rings. The lowest BCUT2D eigenvalue weighted by Crippen LogP contribution is -2.57. The normalized spacial score (nSPS) is 29.5. The van der Waals surface area contributed by atoms with E-state index < -0.39 is 36.6 Å². The molecule has 6 atom stereocenters. The Labute approximate surface area is 156 Å². The third kappa shape index (κ3) is 3.37. The highest BCUT2D eigenvalue weighted by Gasteiger charge is 2.48. The van der Waals surface area contributed by atoms with Gasteiger partial charge in [-0.25, -0.2) is 9.78 Å². The molecule has 2 aromatic rings. The summed E-state index contributed by atoms with van der Waals surface area (Å²) in [5.41, 5.74) is 4.03. The minimum absolute atomic E-state index is 0.115. The Morgan fingerprint density at radius 2 is 1.89 bits per heavy atom. The highest BCUT2D eigenvalue weighted by atomic mass is 16.6. The summed E-state index contributed by atoms with van der Waals surface area (Å²) >= 11 is 0. The molecule has 1 aromatic carbocycles. The van der Waals surface area contributed by atoms with E-state index >= 15 is 0 Å². The summed E-state index contributed by atoms with van der Waals surface area (Å²) in [7, 11) is 0. The van der Waals surface area contributed by atoms with Crippen molar-refractivity contribution in [2.75, 3.05) is 0 Å². The molecular weight excluding hydrogens is 352 g/mol. The molecule has 0 aliphatic carbocycles. The number of carboxylic acids is 1. The van der Waals surface area contributed by atoms with E-state index in [0.717, 1.165) is 16.7 Å². The van der Waals surface area contributed by atoms with Gasteiger partial charge in [0.1, 0.15) is 18.3 Å². The number of carbonyl (C=O) groups is 1. The topological polar surface area (TPSA) is 125 Å². The Hall–Kier alpha value is -2.26. The van der Waals surface area contributed by atoms with Crippen molar-refractivity contribution in [1.29, 1.82) is 0 Å². The van der Waals surface area contributed by atoms with Crippen LogP contribution in [0.2, 0.25) is 0 Å². The highest BCUT2D eigenvalue weighted by Crippen LogP contribution is 2.34. The number of hydrogen-bond donors (Lipinski definition) is 4. The number of aliphatic hydroxyl groups is 3. The third-order valence-electron chi connectivity index (χ3n) is 5.36. The van der Waals surface area contributed by atoms with Gasteiger partial charge >= 0.3 is 5.97 Å². The molecule has 4 N–H and O–H groups in total. The molecule has 8 nitrogen and oxygen atoms in total. The number of nitrogens with zero attached hydrogens (tertiary/aromatic N) is 2. The predicted molar refractivity (Wildman–Crippen MR) is 95.2 cm³/mol. The van der Waals surface area contributed by atoms with Gasteiger partial charge in [0, 0.05) is 17.8 Å². The molecule has 1 aliphatic heterocycles. The fourth-order valence-corrected chi connectivity index (χ4v) is 3.56. The van der Waals surface area contributed by atoms with Gasteiger partial charge < -0.3 is 29.7 Å². The molecule has 0 spiro atoms. The molecule has 0 amide bonds. The predicted octanol–water partition coefficient (Wildman–Crippen LogP) is 0.716. The Morgan fingerprint density at radius 1 is 1.19 bits per heavy atom. The number of ether oxygens (including phenoxy) is 1. The van der Waals surface area contributed by atoms with Gasteiger partial charge in [-0.1, -0.05) is 25.1 Å². The van der Waals surface area contributed by atoms with Crippen molar-refractivity contribution in [3.8, 4) is 0 Å². The zero-order chi connectivity index (χ0) is 19.9. The number of rotatable bonds is 4. The minimum Gasteiger partial charge on any atom is -0.479 e. The average molecular weight is 376 g/mol. The van der Waals surface area contributed by atoms with E-state index in [1.165, 1.54) is 10.9 Å². The summed E-state index contributed by atoms with van der Waals surface area (Å²) in [6.07, 6.45) is -4.68. The number of carboxylic acid groups (broad SMARTS) is 1. The molecule has 3 rings (SSSR count). The second kappa shape index (κ2) is 7.40. The van der Waals surface area contributed by atoms with Crippen LogP contribution in [0.25, 0.3) is 0 Å². The van der Waals surface area contributed by atoms with Crippen LogP contribution < -0.4 is 0 Å². The maximum Gasteiger partial charge on any atom is 0.335 e. The Morgan fingerprint density at radius 3 is 2.56 bits per heavy atom. The van der Waals surface area contributed by atoms with E-state index in [2.05, 4.69) is 4.98 Å². The summed E-state index contributed by atoms with van der Waals surface area (Å²) < 4.78 is 6.95. The lowest BCUT2D eigenvalue weighted by molar-refractivity contribution is -0.247. The van der Waals surface area contributed by atoms with Crippen molar-refractivity contribution in [3.63, 3.8) is 0 Å². The number of aryl methyl sites for hydroxylation is 1. The smallest absolute Gasteiger partial charge is 0.335 e. The van der Waals surface area contributed by atoms with E-state index in [1.807, 2.05) is 39.0 Å². The molecule has 0 bridgehead atoms. The molecule has 27 heavy (non-hydrogen) atoms. The largest absolute Gasteiger partial charge is 0.479 e. The van der Waals surface area contributed by atoms with Gasteiger partial charge in [-0.05, 0) is 30.5 Å². The number of aliphatic carboxylic acids is 1. The van der Waals surface area contributed by atoms with Crippen LogP contribution >= 0.6 is 0 Å². The summed E-state index contributed by atoms with van der Waals surface area (Å²) in [5.74, 6) is -1.53. The molecule has 1 fully saturated rings. The summed E-state index contributed by atoms with van der Waals surface area (Å²) in [5, 5.41) is 39.6. The quantitative estimate of drug-likeness (QED) is 0.619. The molecule has 0 radical (unpaired) electrons. The van der Waals surface area contributed by atoms with Gasteiger partial charge in [0.05, 0.1) is 6.33 Å². The molecule has 146 valence electrons. The third-order valence-corrected chi connectivity index (χ3v) is 5.36. The zero-order valence-corrected chi connectivity index (χ0v) is 15.4. The second-order valence-corrected chi connectivity index (χ2v) is 6.99. The fraction of sp³-hybridized carbons (Fsp3) is 0.474. The van der Waals surface area contributed by atoms with E-state index in [4.69, 9.17) is 4.74 Å². The number of imidazole rings is 1. The summed E-state index contributed by atoms with van der Waals surface area (Å²) in [4.78, 5) is 15.5. The minimum atomic E-state index is -1.72. The summed E-state index contributed by atoms with van der Waals surface area (Å²) in [6.45, 7) is 6.02. The number of aliphatic hydroxyl groups excluding tert-OH is 3. The maximum atomic E-state index is 11.4. The van der Waals surface area contributed by atoms with Gasteiger partial charge in [0.2, 0.25) is 0 Å². The van der Waals surface area contributed by atoms with Crippen molar-refractivity contribution in [3.05, 3.63) is 53.1 Å². The molecule has 0 unspecified atom stereocenters. The molecule has 2 heterocycles. The van der Waals surface area contributed by atoms with E-state index in [-0.39, 0.29) is 5.92 Å². The first-order valence-electron chi connectivity index (χ1n) is 8.74. The highest BCUT2D eigenvalue weighted by molar-refractivity contribution is 5.73. The van der Waals surface area contributed by atoms with Gasteiger partial charge in [-0.2, -0.15) is 0 Å². The molecule has 1 aromatic heterocycles. The van der Waals surface area contributed by atoms with Crippen LogP contribution in [0.1, 0.15) is 41.5 Å².